The summed E-state index contributed by atoms with van der Waals surface area (Å²) in [6.07, 6.45) is 1.00. The summed E-state index contributed by atoms with van der Waals surface area (Å²) in [5, 5.41) is 5.02. The van der Waals surface area contributed by atoms with Gasteiger partial charge in [-0.1, -0.05) is 42.8 Å². The minimum atomic E-state index is -0.208. The summed E-state index contributed by atoms with van der Waals surface area (Å²) in [7, 11) is 1.76. The van der Waals surface area contributed by atoms with E-state index in [-0.39, 0.29) is 11.7 Å². The van der Waals surface area contributed by atoms with Crippen LogP contribution < -0.4 is 0 Å². The van der Waals surface area contributed by atoms with Crippen LogP contribution in [-0.2, 0) is 13.0 Å². The summed E-state index contributed by atoms with van der Waals surface area (Å²) >= 11 is 5.93. The molecule has 3 aromatic rings. The van der Waals surface area contributed by atoms with Gasteiger partial charge in [0.15, 0.2) is 0 Å². The zero-order valence-corrected chi connectivity index (χ0v) is 15.9. The first-order valence-electron chi connectivity index (χ1n) is 8.51. The summed E-state index contributed by atoms with van der Waals surface area (Å²) in [5.41, 5.74) is 3.17. The van der Waals surface area contributed by atoms with Crippen molar-refractivity contribution in [3.8, 4) is 5.69 Å². The molecule has 5 nitrogen and oxygen atoms in total. The molecule has 0 fully saturated rings. The first-order valence-corrected chi connectivity index (χ1v) is 8.88. The SMILES string of the molecule is CCc1ccc(CN(C)C(=O)c2nc(C)n(-c3ccc(Cl)cc3)n2)cc1. The van der Waals surface area contributed by atoms with Gasteiger partial charge in [-0.25, -0.2) is 9.67 Å². The Bertz CT molecular complexity index is 901. The van der Waals surface area contributed by atoms with Crippen LogP contribution in [0.2, 0.25) is 5.02 Å². The first-order chi connectivity index (χ1) is 12.5. The molecule has 0 atom stereocenters. The average Bonchev–Trinajstić information content (AvgIpc) is 3.04. The predicted octanol–water partition coefficient (Wildman–Crippen LogP) is 4.06. The Morgan fingerprint density at radius 2 is 1.69 bits per heavy atom. The van der Waals surface area contributed by atoms with Gasteiger partial charge in [-0.3, -0.25) is 4.79 Å². The Hall–Kier alpha value is -2.66. The maximum Gasteiger partial charge on any atom is 0.293 e. The number of aryl methyl sites for hydroxylation is 2. The Morgan fingerprint density at radius 1 is 1.08 bits per heavy atom. The quantitative estimate of drug-likeness (QED) is 0.682. The van der Waals surface area contributed by atoms with Crippen LogP contribution in [0.25, 0.3) is 5.69 Å². The Morgan fingerprint density at radius 3 is 2.31 bits per heavy atom. The van der Waals surface area contributed by atoms with Crippen molar-refractivity contribution in [3.63, 3.8) is 0 Å². The molecular weight excluding hydrogens is 348 g/mol. The van der Waals surface area contributed by atoms with Crippen molar-refractivity contribution in [1.29, 1.82) is 0 Å². The van der Waals surface area contributed by atoms with Crippen molar-refractivity contribution in [1.82, 2.24) is 19.7 Å². The highest BCUT2D eigenvalue weighted by Crippen LogP contribution is 2.15. The number of hydrogen-bond acceptors (Lipinski definition) is 3. The molecule has 134 valence electrons. The molecule has 6 heteroatoms. The van der Waals surface area contributed by atoms with E-state index in [0.29, 0.717) is 17.4 Å². The molecule has 0 N–H and O–H groups in total. The lowest BCUT2D eigenvalue weighted by Gasteiger charge is -2.15. The third kappa shape index (κ3) is 3.94. The second-order valence-electron chi connectivity index (χ2n) is 6.20. The summed E-state index contributed by atoms with van der Waals surface area (Å²) < 4.78 is 1.65. The fourth-order valence-corrected chi connectivity index (χ4v) is 2.83. The van der Waals surface area contributed by atoms with Crippen LogP contribution in [0.1, 0.15) is 34.5 Å². The topological polar surface area (TPSA) is 51.0 Å². The first kappa shape index (κ1) is 18.1. The van der Waals surface area contributed by atoms with E-state index in [1.807, 2.05) is 31.2 Å². The van der Waals surface area contributed by atoms with Crippen molar-refractivity contribution < 1.29 is 4.79 Å². The zero-order chi connectivity index (χ0) is 18.7. The van der Waals surface area contributed by atoms with E-state index in [1.165, 1.54) is 5.56 Å². The molecular formula is C20H21ClN4O. The lowest BCUT2D eigenvalue weighted by molar-refractivity contribution is 0.0773. The maximum absolute atomic E-state index is 12.7. The van der Waals surface area contributed by atoms with Crippen LogP contribution in [0, 0.1) is 6.92 Å². The minimum absolute atomic E-state index is 0.185. The van der Waals surface area contributed by atoms with Crippen molar-refractivity contribution in [2.75, 3.05) is 7.05 Å². The van der Waals surface area contributed by atoms with E-state index in [9.17, 15) is 4.79 Å². The van der Waals surface area contributed by atoms with Gasteiger partial charge in [0.25, 0.3) is 5.91 Å². The van der Waals surface area contributed by atoms with E-state index in [1.54, 1.807) is 28.8 Å². The van der Waals surface area contributed by atoms with Gasteiger partial charge in [0.2, 0.25) is 5.82 Å². The molecule has 1 heterocycles. The number of rotatable bonds is 5. The zero-order valence-electron chi connectivity index (χ0n) is 15.1. The fraction of sp³-hybridized carbons (Fsp3) is 0.250. The van der Waals surface area contributed by atoms with Gasteiger partial charge in [0.05, 0.1) is 5.69 Å². The monoisotopic (exact) mass is 368 g/mol. The highest BCUT2D eigenvalue weighted by molar-refractivity contribution is 6.30. The second-order valence-corrected chi connectivity index (χ2v) is 6.64. The van der Waals surface area contributed by atoms with Gasteiger partial charge >= 0.3 is 0 Å². The number of benzene rings is 2. The van der Waals surface area contributed by atoms with Crippen LogP contribution in [0.15, 0.2) is 48.5 Å². The normalized spacial score (nSPS) is 10.8. The van der Waals surface area contributed by atoms with Crippen LogP contribution in [0.4, 0.5) is 0 Å². The standard InChI is InChI=1S/C20H21ClN4O/c1-4-15-5-7-16(8-6-15)13-24(3)20(26)19-22-14(2)25(23-19)18-11-9-17(21)10-12-18/h5-12H,4,13H2,1-3H3. The third-order valence-electron chi connectivity index (χ3n) is 4.23. The summed E-state index contributed by atoms with van der Waals surface area (Å²) in [5.74, 6) is 0.627. The van der Waals surface area contributed by atoms with Crippen LogP contribution in [-0.4, -0.2) is 32.6 Å². The van der Waals surface area contributed by atoms with Gasteiger partial charge < -0.3 is 4.90 Å². The number of amides is 1. The van der Waals surface area contributed by atoms with Crippen molar-refractivity contribution in [3.05, 3.63) is 76.3 Å². The highest BCUT2D eigenvalue weighted by atomic mass is 35.5. The number of nitrogens with zero attached hydrogens (tertiary/aromatic N) is 4. The summed E-state index contributed by atoms with van der Waals surface area (Å²) in [6, 6.07) is 15.5. The molecule has 0 spiro atoms. The third-order valence-corrected chi connectivity index (χ3v) is 4.48. The maximum atomic E-state index is 12.7. The molecule has 0 radical (unpaired) electrons. The van der Waals surface area contributed by atoms with E-state index >= 15 is 0 Å². The number of carbonyl (C=O) groups excluding carboxylic acids is 1. The molecule has 0 bridgehead atoms. The Labute approximate surface area is 158 Å². The fourth-order valence-electron chi connectivity index (χ4n) is 2.70. The van der Waals surface area contributed by atoms with Gasteiger partial charge in [0, 0.05) is 18.6 Å². The molecule has 0 aliphatic rings. The number of halogens is 1. The Balaban J connectivity index is 1.76. The summed E-state index contributed by atoms with van der Waals surface area (Å²) in [4.78, 5) is 18.6. The minimum Gasteiger partial charge on any atom is -0.335 e. The molecule has 0 unspecified atom stereocenters. The van der Waals surface area contributed by atoms with Crippen molar-refractivity contribution in [2.24, 2.45) is 0 Å². The van der Waals surface area contributed by atoms with Gasteiger partial charge in [0.1, 0.15) is 5.82 Å². The molecule has 1 aromatic heterocycles. The molecule has 0 aliphatic heterocycles. The van der Waals surface area contributed by atoms with E-state index < -0.39 is 0 Å². The van der Waals surface area contributed by atoms with Gasteiger partial charge in [-0.15, -0.1) is 5.10 Å². The molecule has 1 amide bonds. The van der Waals surface area contributed by atoms with Crippen molar-refractivity contribution >= 4 is 17.5 Å². The number of aromatic nitrogens is 3. The highest BCUT2D eigenvalue weighted by Gasteiger charge is 2.19. The number of carbonyl (C=O) groups is 1. The molecule has 0 aliphatic carbocycles. The molecule has 0 saturated carbocycles. The predicted molar refractivity (Wildman–Crippen MR) is 103 cm³/mol. The van der Waals surface area contributed by atoms with E-state index in [2.05, 4.69) is 29.1 Å². The lowest BCUT2D eigenvalue weighted by atomic mass is 10.1. The van der Waals surface area contributed by atoms with Crippen LogP contribution >= 0.6 is 11.6 Å². The van der Waals surface area contributed by atoms with E-state index in [4.69, 9.17) is 11.6 Å². The van der Waals surface area contributed by atoms with Gasteiger partial charge in [-0.05, 0) is 48.7 Å². The summed E-state index contributed by atoms with van der Waals surface area (Å²) in [6.45, 7) is 4.45. The van der Waals surface area contributed by atoms with E-state index in [0.717, 1.165) is 17.7 Å². The lowest BCUT2D eigenvalue weighted by Crippen LogP contribution is -2.27. The van der Waals surface area contributed by atoms with Gasteiger partial charge in [-0.2, -0.15) is 0 Å². The number of hydrogen-bond donors (Lipinski definition) is 0. The second kappa shape index (κ2) is 7.70. The van der Waals surface area contributed by atoms with Crippen LogP contribution in [0.3, 0.4) is 0 Å². The van der Waals surface area contributed by atoms with Crippen LogP contribution in [0.5, 0.6) is 0 Å². The average molecular weight is 369 g/mol. The molecule has 2 aromatic carbocycles. The largest absolute Gasteiger partial charge is 0.335 e. The smallest absolute Gasteiger partial charge is 0.293 e. The molecule has 26 heavy (non-hydrogen) atoms. The van der Waals surface area contributed by atoms with Crippen molar-refractivity contribution in [2.45, 2.75) is 26.8 Å². The molecule has 0 saturated heterocycles. The Kier molecular flexibility index (Phi) is 5.38. The molecule has 3 rings (SSSR count).